The van der Waals surface area contributed by atoms with E-state index in [0.717, 1.165) is 38.9 Å². The highest BCUT2D eigenvalue weighted by Crippen LogP contribution is 2.42. The Hall–Kier alpha value is -4.05. The van der Waals surface area contributed by atoms with Crippen LogP contribution in [0.2, 0.25) is 0 Å². The third-order valence-corrected chi connectivity index (χ3v) is 9.17. The largest absolute Gasteiger partial charge is 0.392 e. The van der Waals surface area contributed by atoms with Gasteiger partial charge in [-0.15, -0.1) is 0 Å². The number of carbonyl (C=O) groups excluding carboxylic acids is 1. The fourth-order valence-electron chi connectivity index (χ4n) is 6.12. The highest BCUT2D eigenvalue weighted by atomic mass is 16.7. The van der Waals surface area contributed by atoms with Crippen LogP contribution in [0.15, 0.2) is 103 Å². The van der Waals surface area contributed by atoms with E-state index in [9.17, 15) is 15.0 Å². The van der Waals surface area contributed by atoms with Crippen molar-refractivity contribution in [1.82, 2.24) is 15.5 Å². The van der Waals surface area contributed by atoms with Gasteiger partial charge in [0.25, 0.3) is 0 Å². The van der Waals surface area contributed by atoms with E-state index >= 15 is 0 Å². The van der Waals surface area contributed by atoms with E-state index in [-0.39, 0.29) is 36.8 Å². The van der Waals surface area contributed by atoms with Gasteiger partial charge in [0.2, 0.25) is 0 Å². The molecule has 1 saturated heterocycles. The van der Waals surface area contributed by atoms with Crippen molar-refractivity contribution >= 4 is 6.03 Å². The third-order valence-electron chi connectivity index (χ3n) is 9.17. The average Bonchev–Trinajstić information content (AvgIpc) is 3.11. The molecule has 6 atom stereocenters. The van der Waals surface area contributed by atoms with E-state index in [2.05, 4.69) is 40.7 Å². The number of aliphatic hydroxyl groups excluding tert-OH is 2. The van der Waals surface area contributed by atoms with Crippen molar-refractivity contribution in [2.75, 3.05) is 20.1 Å². The molecule has 0 spiro atoms. The van der Waals surface area contributed by atoms with Gasteiger partial charge in [-0.2, -0.15) is 0 Å². The second kappa shape index (κ2) is 16.2. The quantitative estimate of drug-likeness (QED) is 0.141. The zero-order valence-electron chi connectivity index (χ0n) is 27.7. The molecule has 0 aromatic heterocycles. The summed E-state index contributed by atoms with van der Waals surface area (Å²) < 4.78 is 13.4. The van der Waals surface area contributed by atoms with E-state index in [1.54, 1.807) is 0 Å². The summed E-state index contributed by atoms with van der Waals surface area (Å²) >= 11 is 0. The zero-order chi connectivity index (χ0) is 33.3. The number of rotatable bonds is 12. The predicted octanol–water partition coefficient (Wildman–Crippen LogP) is 6.51. The summed E-state index contributed by atoms with van der Waals surface area (Å²) in [5.74, 6) is 0.0123. The van der Waals surface area contributed by atoms with Crippen LogP contribution in [-0.4, -0.2) is 53.4 Å². The lowest BCUT2D eigenvalue weighted by molar-refractivity contribution is -0.276. The molecule has 5 rings (SSSR count). The molecule has 1 fully saturated rings. The van der Waals surface area contributed by atoms with Crippen molar-refractivity contribution in [1.29, 1.82) is 0 Å². The minimum Gasteiger partial charge on any atom is -0.392 e. The number of nitrogens with zero attached hydrogens (tertiary/aromatic N) is 1. The molecule has 47 heavy (non-hydrogen) atoms. The SMILES string of the molecule is CCNC(=O)NCc1ccccc1-c1ccc(C2OC(CN(C)C(C)C(O)c3ccccc3)C(C)C(c3ccc(CO)cc3)O2)cc1. The number of aliphatic hydroxyl groups is 2. The van der Waals surface area contributed by atoms with Crippen LogP contribution < -0.4 is 10.6 Å². The normalized spacial score (nSPS) is 20.8. The Balaban J connectivity index is 1.37. The van der Waals surface area contributed by atoms with Gasteiger partial charge in [-0.3, -0.25) is 4.90 Å². The van der Waals surface area contributed by atoms with Crippen molar-refractivity contribution in [3.63, 3.8) is 0 Å². The number of carbonyl (C=O) groups is 1. The molecular weight excluding hydrogens is 590 g/mol. The fourth-order valence-corrected chi connectivity index (χ4v) is 6.12. The van der Waals surface area contributed by atoms with Crippen molar-refractivity contribution in [2.24, 2.45) is 5.92 Å². The minimum atomic E-state index is -0.638. The predicted molar refractivity (Wildman–Crippen MR) is 184 cm³/mol. The maximum Gasteiger partial charge on any atom is 0.315 e. The molecule has 4 aromatic carbocycles. The molecule has 1 aliphatic rings. The summed E-state index contributed by atoms with van der Waals surface area (Å²) in [6.07, 6.45) is -1.67. The molecule has 0 saturated carbocycles. The first-order valence-electron chi connectivity index (χ1n) is 16.4. The summed E-state index contributed by atoms with van der Waals surface area (Å²) in [6.45, 7) is 7.64. The molecular formula is C39H47N3O5. The van der Waals surface area contributed by atoms with E-state index in [1.807, 2.05) is 106 Å². The number of likely N-dealkylation sites (N-methyl/N-ethyl adjacent to an activating group) is 1. The number of urea groups is 1. The van der Waals surface area contributed by atoms with E-state index in [1.165, 1.54) is 0 Å². The maximum absolute atomic E-state index is 12.0. The molecule has 2 amide bonds. The van der Waals surface area contributed by atoms with Gasteiger partial charge in [0, 0.05) is 37.2 Å². The molecule has 0 bridgehead atoms. The summed E-state index contributed by atoms with van der Waals surface area (Å²) in [7, 11) is 2.02. The number of amides is 2. The summed E-state index contributed by atoms with van der Waals surface area (Å²) in [5.41, 5.74) is 6.76. The average molecular weight is 638 g/mol. The second-order valence-electron chi connectivity index (χ2n) is 12.3. The summed E-state index contributed by atoms with van der Waals surface area (Å²) in [5, 5.41) is 26.4. The van der Waals surface area contributed by atoms with Gasteiger partial charge >= 0.3 is 6.03 Å². The molecule has 4 N–H and O–H groups in total. The monoisotopic (exact) mass is 637 g/mol. The van der Waals surface area contributed by atoms with Gasteiger partial charge in [0.1, 0.15) is 0 Å². The Morgan fingerprint density at radius 1 is 0.872 bits per heavy atom. The molecule has 4 aromatic rings. The van der Waals surface area contributed by atoms with Gasteiger partial charge in [-0.05, 0) is 54.3 Å². The maximum atomic E-state index is 12.0. The number of benzene rings is 4. The first kappa shape index (κ1) is 34.3. The Morgan fingerprint density at radius 2 is 1.53 bits per heavy atom. The lowest BCUT2D eigenvalue weighted by Gasteiger charge is -2.43. The molecule has 0 radical (unpaired) electrons. The Labute approximate surface area is 278 Å². The van der Waals surface area contributed by atoms with Crippen LogP contribution in [0.5, 0.6) is 0 Å². The zero-order valence-corrected chi connectivity index (χ0v) is 27.7. The summed E-state index contributed by atoms with van der Waals surface area (Å²) in [4.78, 5) is 14.2. The number of hydrogen-bond donors (Lipinski definition) is 4. The molecule has 0 aliphatic carbocycles. The van der Waals surface area contributed by atoms with Crippen LogP contribution in [0.3, 0.4) is 0 Å². The van der Waals surface area contributed by atoms with Crippen molar-refractivity contribution in [3.05, 3.63) is 131 Å². The second-order valence-corrected chi connectivity index (χ2v) is 12.3. The Kier molecular flexibility index (Phi) is 11.8. The third kappa shape index (κ3) is 8.46. The van der Waals surface area contributed by atoms with Crippen molar-refractivity contribution in [2.45, 2.75) is 64.6 Å². The molecule has 8 nitrogen and oxygen atoms in total. The summed E-state index contributed by atoms with van der Waals surface area (Å²) in [6, 6.07) is 33.6. The van der Waals surface area contributed by atoms with Crippen LogP contribution in [0, 0.1) is 5.92 Å². The van der Waals surface area contributed by atoms with Crippen molar-refractivity contribution in [3.8, 4) is 11.1 Å². The lowest BCUT2D eigenvalue weighted by Crippen LogP contribution is -2.46. The number of hydrogen-bond acceptors (Lipinski definition) is 6. The highest BCUT2D eigenvalue weighted by Gasteiger charge is 2.39. The van der Waals surface area contributed by atoms with E-state index < -0.39 is 12.4 Å². The molecule has 248 valence electrons. The van der Waals surface area contributed by atoms with Crippen LogP contribution >= 0.6 is 0 Å². The molecule has 1 heterocycles. The van der Waals surface area contributed by atoms with Gasteiger partial charge in [0.05, 0.1) is 24.9 Å². The smallest absolute Gasteiger partial charge is 0.315 e. The lowest BCUT2D eigenvalue weighted by atomic mass is 9.89. The Bertz CT molecular complexity index is 1560. The van der Waals surface area contributed by atoms with Gasteiger partial charge in [0.15, 0.2) is 6.29 Å². The van der Waals surface area contributed by atoms with Gasteiger partial charge in [-0.1, -0.05) is 110 Å². The molecule has 1 aliphatic heterocycles. The topological polar surface area (TPSA) is 103 Å². The van der Waals surface area contributed by atoms with Gasteiger partial charge in [-0.25, -0.2) is 4.79 Å². The van der Waals surface area contributed by atoms with Crippen LogP contribution in [-0.2, 0) is 22.6 Å². The van der Waals surface area contributed by atoms with Gasteiger partial charge < -0.3 is 30.3 Å². The number of ether oxygens (including phenoxy) is 2. The first-order valence-corrected chi connectivity index (χ1v) is 16.4. The fraction of sp³-hybridized carbons (Fsp3) is 0.359. The highest BCUT2D eigenvalue weighted by molar-refractivity contribution is 5.74. The minimum absolute atomic E-state index is 0.0123. The molecule has 6 unspecified atom stereocenters. The van der Waals surface area contributed by atoms with Crippen LogP contribution in [0.25, 0.3) is 11.1 Å². The Morgan fingerprint density at radius 3 is 2.21 bits per heavy atom. The molecule has 8 heteroatoms. The first-order chi connectivity index (χ1) is 22.8. The standard InChI is InChI=1S/C39H47N3O5/c1-5-40-39(45)41-23-33-13-9-10-14-34(33)29-19-21-32(22-20-29)38-46-35(24-42(4)27(3)36(44)30-11-7-6-8-12-30)26(2)37(47-38)31-17-15-28(25-43)16-18-31/h6-22,26-27,35-38,43-44H,5,23-25H2,1-4H3,(H2,40,41,45). The van der Waals surface area contributed by atoms with Crippen molar-refractivity contribution < 1.29 is 24.5 Å². The van der Waals surface area contributed by atoms with E-state index in [4.69, 9.17) is 9.47 Å². The number of nitrogens with one attached hydrogen (secondary N) is 2. The van der Waals surface area contributed by atoms with Crippen LogP contribution in [0.4, 0.5) is 4.79 Å². The van der Waals surface area contributed by atoms with E-state index in [0.29, 0.717) is 19.6 Å². The van der Waals surface area contributed by atoms with Crippen LogP contribution in [0.1, 0.15) is 67.1 Å².